The highest BCUT2D eigenvalue weighted by molar-refractivity contribution is 7.87. The van der Waals surface area contributed by atoms with E-state index < -0.39 is 10.2 Å². The maximum absolute atomic E-state index is 13.1. The number of nitrogens with one attached hydrogen (secondary N) is 1. The number of aromatic nitrogens is 3. The molecule has 0 radical (unpaired) electrons. The molecule has 1 heterocycles. The average molecular weight is 369 g/mol. The third-order valence-corrected chi connectivity index (χ3v) is 5.50. The lowest BCUT2D eigenvalue weighted by Gasteiger charge is -2.11. The van der Waals surface area contributed by atoms with Gasteiger partial charge in [0, 0.05) is 32.2 Å². The molecule has 0 unspecified atom stereocenters. The quantitative estimate of drug-likeness (QED) is 0.773. The molecular weight excluding hydrogens is 349 g/mol. The summed E-state index contributed by atoms with van der Waals surface area (Å²) in [5.41, 5.74) is 0.365. The molecule has 1 aliphatic rings. The molecule has 1 N–H and O–H groups in total. The van der Waals surface area contributed by atoms with Crippen LogP contribution in [0.3, 0.4) is 0 Å². The number of benzene rings is 1. The Morgan fingerprint density at radius 3 is 2.48 bits per heavy atom. The van der Waals surface area contributed by atoms with E-state index in [1.54, 1.807) is 16.7 Å². The van der Waals surface area contributed by atoms with E-state index in [0.717, 1.165) is 17.1 Å². The smallest absolute Gasteiger partial charge is 0.272 e. The molecule has 8 nitrogen and oxygen atoms in total. The molecule has 1 saturated carbocycles. The normalized spacial score (nSPS) is 15.0. The van der Waals surface area contributed by atoms with Crippen LogP contribution in [0.1, 0.15) is 18.9 Å². The largest absolute Gasteiger partial charge is 0.346 e. The first-order valence-corrected chi connectivity index (χ1v) is 9.36. The van der Waals surface area contributed by atoms with Gasteiger partial charge in [0.2, 0.25) is 0 Å². The van der Waals surface area contributed by atoms with Crippen LogP contribution in [-0.2, 0) is 16.8 Å². The van der Waals surface area contributed by atoms with Crippen molar-refractivity contribution in [3.05, 3.63) is 40.6 Å². The number of hydrogen-bond donors (Lipinski definition) is 1. The number of nitrogens with zero attached hydrogens (tertiary/aromatic N) is 4. The highest BCUT2D eigenvalue weighted by Gasteiger charge is 2.30. The zero-order chi connectivity index (χ0) is 18.2. The second-order valence-electron chi connectivity index (χ2n) is 6.12. The Bertz CT molecular complexity index is 914. The predicted molar refractivity (Wildman–Crippen MR) is 90.8 cm³/mol. The zero-order valence-electron chi connectivity index (χ0n) is 14.0. The molecular formula is C15H20FN5O3S. The van der Waals surface area contributed by atoms with Crippen LogP contribution < -0.4 is 10.4 Å². The van der Waals surface area contributed by atoms with Crippen LogP contribution in [-0.4, -0.2) is 47.7 Å². The van der Waals surface area contributed by atoms with E-state index in [1.165, 1.54) is 30.9 Å². The Morgan fingerprint density at radius 2 is 1.92 bits per heavy atom. The third-order valence-electron chi connectivity index (χ3n) is 3.97. The van der Waals surface area contributed by atoms with Crippen molar-refractivity contribution in [2.45, 2.75) is 25.4 Å². The molecule has 0 aliphatic heterocycles. The summed E-state index contributed by atoms with van der Waals surface area (Å²) in [5, 5.41) is 4.33. The Labute approximate surface area is 145 Å². The molecule has 2 aromatic rings. The second-order valence-corrected chi connectivity index (χ2v) is 8.09. The maximum Gasteiger partial charge on any atom is 0.346 e. The molecule has 10 heteroatoms. The van der Waals surface area contributed by atoms with Crippen LogP contribution in [0.15, 0.2) is 29.1 Å². The summed E-state index contributed by atoms with van der Waals surface area (Å²) in [6, 6.07) is 5.90. The molecule has 136 valence electrons. The van der Waals surface area contributed by atoms with Crippen LogP contribution >= 0.6 is 0 Å². The lowest BCUT2D eigenvalue weighted by molar-refractivity contribution is 0.494. The highest BCUT2D eigenvalue weighted by Crippen LogP contribution is 2.36. The van der Waals surface area contributed by atoms with Gasteiger partial charge in [0.15, 0.2) is 5.82 Å². The van der Waals surface area contributed by atoms with Crippen molar-refractivity contribution in [3.8, 4) is 11.4 Å². The van der Waals surface area contributed by atoms with Crippen LogP contribution in [0, 0.1) is 5.82 Å². The van der Waals surface area contributed by atoms with Crippen LogP contribution in [0.25, 0.3) is 11.4 Å². The van der Waals surface area contributed by atoms with E-state index in [1.807, 2.05) is 0 Å². The van der Waals surface area contributed by atoms with Gasteiger partial charge in [-0.2, -0.15) is 12.7 Å². The van der Waals surface area contributed by atoms with Crippen molar-refractivity contribution in [1.82, 2.24) is 23.4 Å². The minimum absolute atomic E-state index is 0.0466. The van der Waals surface area contributed by atoms with Gasteiger partial charge in [-0.25, -0.2) is 18.6 Å². The SMILES string of the molecule is CN(C)S(=O)(=O)NCCn1nc(-c2ccc(F)cc2)n(C2CC2)c1=O. The standard InChI is InChI=1S/C15H20FN5O3S/c1-19(2)25(23,24)17-9-10-20-15(22)21(13-7-8-13)14(18-20)11-3-5-12(16)6-4-11/h3-6,13,17H,7-10H2,1-2H3. The highest BCUT2D eigenvalue weighted by atomic mass is 32.2. The van der Waals surface area contributed by atoms with Gasteiger partial charge >= 0.3 is 5.69 Å². The number of halogens is 1. The summed E-state index contributed by atoms with van der Waals surface area (Å²) in [7, 11) is -0.715. The van der Waals surface area contributed by atoms with E-state index in [0.29, 0.717) is 11.4 Å². The van der Waals surface area contributed by atoms with Gasteiger partial charge in [-0.3, -0.25) is 4.57 Å². The Morgan fingerprint density at radius 1 is 1.28 bits per heavy atom. The van der Waals surface area contributed by atoms with E-state index >= 15 is 0 Å². The molecule has 1 aliphatic carbocycles. The lowest BCUT2D eigenvalue weighted by Crippen LogP contribution is -2.38. The van der Waals surface area contributed by atoms with E-state index in [4.69, 9.17) is 0 Å². The molecule has 0 spiro atoms. The van der Waals surface area contributed by atoms with Crippen LogP contribution in [0.4, 0.5) is 4.39 Å². The summed E-state index contributed by atoms with van der Waals surface area (Å²) in [5.74, 6) is 0.115. The Kier molecular flexibility index (Phi) is 4.76. The van der Waals surface area contributed by atoms with Crippen molar-refractivity contribution < 1.29 is 12.8 Å². The molecule has 0 atom stereocenters. The van der Waals surface area contributed by atoms with Gasteiger partial charge in [-0.1, -0.05) is 0 Å². The van der Waals surface area contributed by atoms with E-state index in [2.05, 4.69) is 9.82 Å². The van der Waals surface area contributed by atoms with E-state index in [-0.39, 0.29) is 30.6 Å². The fourth-order valence-corrected chi connectivity index (χ4v) is 3.04. The van der Waals surface area contributed by atoms with Gasteiger partial charge < -0.3 is 0 Å². The molecule has 0 saturated heterocycles. The van der Waals surface area contributed by atoms with Gasteiger partial charge in [0.05, 0.1) is 6.54 Å². The van der Waals surface area contributed by atoms with Gasteiger partial charge in [0.1, 0.15) is 5.82 Å². The first kappa shape index (κ1) is 17.8. The number of hydrogen-bond acceptors (Lipinski definition) is 4. The first-order valence-electron chi connectivity index (χ1n) is 7.92. The summed E-state index contributed by atoms with van der Waals surface area (Å²) >= 11 is 0. The molecule has 1 aromatic heterocycles. The number of rotatable bonds is 7. The monoisotopic (exact) mass is 369 g/mol. The van der Waals surface area contributed by atoms with Crippen molar-refractivity contribution in [2.75, 3.05) is 20.6 Å². The third kappa shape index (κ3) is 3.80. The van der Waals surface area contributed by atoms with Crippen molar-refractivity contribution in [1.29, 1.82) is 0 Å². The summed E-state index contributed by atoms with van der Waals surface area (Å²) in [6.07, 6.45) is 1.79. The second kappa shape index (κ2) is 6.70. The Balaban J connectivity index is 1.85. The van der Waals surface area contributed by atoms with Crippen LogP contribution in [0.5, 0.6) is 0 Å². The summed E-state index contributed by atoms with van der Waals surface area (Å²) in [4.78, 5) is 12.6. The van der Waals surface area contributed by atoms with Crippen molar-refractivity contribution in [3.63, 3.8) is 0 Å². The fourth-order valence-electron chi connectivity index (χ4n) is 2.43. The molecule has 0 bridgehead atoms. The van der Waals surface area contributed by atoms with Crippen molar-refractivity contribution >= 4 is 10.2 Å². The van der Waals surface area contributed by atoms with Gasteiger partial charge in [-0.15, -0.1) is 5.10 Å². The van der Waals surface area contributed by atoms with E-state index in [9.17, 15) is 17.6 Å². The molecule has 0 amide bonds. The molecule has 3 rings (SSSR count). The zero-order valence-corrected chi connectivity index (χ0v) is 14.8. The summed E-state index contributed by atoms with van der Waals surface area (Å²) in [6.45, 7) is 0.158. The fraction of sp³-hybridized carbons (Fsp3) is 0.467. The average Bonchev–Trinajstić information content (AvgIpc) is 3.33. The Hall–Kier alpha value is -2.04. The molecule has 1 aromatic carbocycles. The van der Waals surface area contributed by atoms with Gasteiger partial charge in [0.25, 0.3) is 10.2 Å². The molecule has 25 heavy (non-hydrogen) atoms. The molecule has 1 fully saturated rings. The first-order chi connectivity index (χ1) is 11.8. The predicted octanol–water partition coefficient (Wildman–Crippen LogP) is 0.582. The maximum atomic E-state index is 13.1. The topological polar surface area (TPSA) is 89.2 Å². The lowest BCUT2D eigenvalue weighted by atomic mass is 10.2. The van der Waals surface area contributed by atoms with Crippen LogP contribution in [0.2, 0.25) is 0 Å². The minimum atomic E-state index is -3.55. The van der Waals surface area contributed by atoms with Crippen molar-refractivity contribution in [2.24, 2.45) is 0 Å². The van der Waals surface area contributed by atoms with Gasteiger partial charge in [-0.05, 0) is 37.1 Å². The minimum Gasteiger partial charge on any atom is -0.272 e. The summed E-state index contributed by atoms with van der Waals surface area (Å²) < 4.78 is 42.9.